The molecule has 1 N–H and O–H groups in total. The third-order valence-corrected chi connectivity index (χ3v) is 2.66. The van der Waals surface area contributed by atoms with Crippen LogP contribution in [0.15, 0.2) is 0 Å². The second-order valence-electron chi connectivity index (χ2n) is 4.26. The Balaban J connectivity index is 2.72. The fourth-order valence-corrected chi connectivity index (χ4v) is 1.91. The minimum atomic E-state index is -0.493. The van der Waals surface area contributed by atoms with Gasteiger partial charge in [0.05, 0.1) is 13.2 Å². The van der Waals surface area contributed by atoms with Gasteiger partial charge in [-0.3, -0.25) is 0 Å². The van der Waals surface area contributed by atoms with E-state index in [0.29, 0.717) is 18.4 Å². The fourth-order valence-electron chi connectivity index (χ4n) is 1.91. The van der Waals surface area contributed by atoms with Crippen molar-refractivity contribution >= 4 is 0 Å². The standard InChI is InChI=1S/C10H20O3/c1-7(2)10(8(3)4)12-6-9(5-11)13-10/h7-9,11H,5-6H2,1-4H3/t9-/m0/s1. The van der Waals surface area contributed by atoms with E-state index >= 15 is 0 Å². The molecule has 0 aromatic rings. The van der Waals surface area contributed by atoms with Crippen LogP contribution in [0.3, 0.4) is 0 Å². The monoisotopic (exact) mass is 188 g/mol. The Morgan fingerprint density at radius 2 is 1.85 bits per heavy atom. The van der Waals surface area contributed by atoms with Gasteiger partial charge < -0.3 is 14.6 Å². The highest BCUT2D eigenvalue weighted by Gasteiger charge is 2.46. The van der Waals surface area contributed by atoms with E-state index in [1.54, 1.807) is 0 Å². The molecule has 1 aliphatic rings. The summed E-state index contributed by atoms with van der Waals surface area (Å²) in [4.78, 5) is 0. The topological polar surface area (TPSA) is 38.7 Å². The van der Waals surface area contributed by atoms with Crippen LogP contribution in [0, 0.1) is 11.8 Å². The number of aliphatic hydroxyl groups excluding tert-OH is 1. The number of ether oxygens (including phenoxy) is 2. The summed E-state index contributed by atoms with van der Waals surface area (Å²) in [6, 6.07) is 0. The van der Waals surface area contributed by atoms with Gasteiger partial charge in [-0.2, -0.15) is 0 Å². The molecule has 0 saturated carbocycles. The van der Waals surface area contributed by atoms with Gasteiger partial charge in [-0.25, -0.2) is 0 Å². The van der Waals surface area contributed by atoms with Crippen molar-refractivity contribution in [2.75, 3.05) is 13.2 Å². The van der Waals surface area contributed by atoms with Crippen molar-refractivity contribution in [2.45, 2.75) is 39.6 Å². The minimum absolute atomic E-state index is 0.0428. The summed E-state index contributed by atoms with van der Waals surface area (Å²) in [6.07, 6.45) is -0.148. The van der Waals surface area contributed by atoms with Crippen LogP contribution in [-0.2, 0) is 9.47 Å². The van der Waals surface area contributed by atoms with E-state index in [9.17, 15) is 0 Å². The lowest BCUT2D eigenvalue weighted by atomic mass is 9.91. The summed E-state index contributed by atoms with van der Waals surface area (Å²) < 4.78 is 11.4. The fraction of sp³-hybridized carbons (Fsp3) is 1.00. The lowest BCUT2D eigenvalue weighted by molar-refractivity contribution is -0.227. The van der Waals surface area contributed by atoms with Crippen molar-refractivity contribution in [1.82, 2.24) is 0 Å². The van der Waals surface area contributed by atoms with E-state index < -0.39 is 5.79 Å². The van der Waals surface area contributed by atoms with E-state index in [2.05, 4.69) is 27.7 Å². The summed E-state index contributed by atoms with van der Waals surface area (Å²) in [5, 5.41) is 8.96. The first-order valence-electron chi connectivity index (χ1n) is 4.95. The first kappa shape index (κ1) is 11.0. The van der Waals surface area contributed by atoms with Gasteiger partial charge in [0.25, 0.3) is 0 Å². The molecule has 0 spiro atoms. The average Bonchev–Trinajstić information content (AvgIpc) is 2.48. The molecule has 1 heterocycles. The van der Waals surface area contributed by atoms with Crippen LogP contribution >= 0.6 is 0 Å². The Kier molecular flexibility index (Phi) is 3.33. The Labute approximate surface area is 80.0 Å². The van der Waals surface area contributed by atoms with E-state index in [-0.39, 0.29) is 12.7 Å². The lowest BCUT2D eigenvalue weighted by Crippen LogP contribution is -2.42. The summed E-state index contributed by atoms with van der Waals surface area (Å²) in [6.45, 7) is 8.88. The maximum atomic E-state index is 8.96. The molecule has 0 unspecified atom stereocenters. The largest absolute Gasteiger partial charge is 0.394 e. The highest BCUT2D eigenvalue weighted by atomic mass is 16.7. The number of hydrogen-bond acceptors (Lipinski definition) is 3. The Bertz CT molecular complexity index is 158. The average molecular weight is 188 g/mol. The maximum absolute atomic E-state index is 8.96. The van der Waals surface area contributed by atoms with E-state index in [0.717, 1.165) is 0 Å². The van der Waals surface area contributed by atoms with Gasteiger partial charge in [0.2, 0.25) is 0 Å². The molecule has 1 atom stereocenters. The quantitative estimate of drug-likeness (QED) is 0.727. The molecule has 0 amide bonds. The van der Waals surface area contributed by atoms with Crippen LogP contribution in [0.1, 0.15) is 27.7 Å². The molecule has 3 heteroatoms. The third kappa shape index (κ3) is 1.87. The molecule has 1 fully saturated rings. The molecule has 1 saturated heterocycles. The smallest absolute Gasteiger partial charge is 0.173 e. The predicted octanol–water partition coefficient (Wildman–Crippen LogP) is 1.40. The number of hydrogen-bond donors (Lipinski definition) is 1. The Hall–Kier alpha value is -0.120. The van der Waals surface area contributed by atoms with Crippen LogP contribution in [0.4, 0.5) is 0 Å². The highest BCUT2D eigenvalue weighted by Crippen LogP contribution is 2.37. The SMILES string of the molecule is CC(C)C1(C(C)C)OC[C@H](CO)O1. The third-order valence-electron chi connectivity index (χ3n) is 2.66. The molecule has 0 aromatic carbocycles. The molecular weight excluding hydrogens is 168 g/mol. The van der Waals surface area contributed by atoms with Gasteiger partial charge in [-0.1, -0.05) is 27.7 Å². The minimum Gasteiger partial charge on any atom is -0.394 e. The zero-order valence-electron chi connectivity index (χ0n) is 8.91. The van der Waals surface area contributed by atoms with Crippen molar-refractivity contribution in [1.29, 1.82) is 0 Å². The van der Waals surface area contributed by atoms with Gasteiger partial charge in [0.15, 0.2) is 5.79 Å². The van der Waals surface area contributed by atoms with Crippen molar-refractivity contribution in [3.05, 3.63) is 0 Å². The molecule has 3 nitrogen and oxygen atoms in total. The summed E-state index contributed by atoms with van der Waals surface area (Å²) in [5.74, 6) is 0.126. The van der Waals surface area contributed by atoms with E-state index in [1.807, 2.05) is 0 Å². The molecular formula is C10H20O3. The van der Waals surface area contributed by atoms with Crippen molar-refractivity contribution in [2.24, 2.45) is 11.8 Å². The molecule has 0 aromatic heterocycles. The summed E-state index contributed by atoms with van der Waals surface area (Å²) in [5.41, 5.74) is 0. The second-order valence-corrected chi connectivity index (χ2v) is 4.26. The van der Waals surface area contributed by atoms with Gasteiger partial charge in [0.1, 0.15) is 6.10 Å². The molecule has 78 valence electrons. The first-order chi connectivity index (χ1) is 6.03. The number of rotatable bonds is 3. The van der Waals surface area contributed by atoms with Crippen molar-refractivity contribution < 1.29 is 14.6 Å². The van der Waals surface area contributed by atoms with Gasteiger partial charge in [-0.15, -0.1) is 0 Å². The van der Waals surface area contributed by atoms with Crippen molar-refractivity contribution in [3.8, 4) is 0 Å². The summed E-state index contributed by atoms with van der Waals surface area (Å²) >= 11 is 0. The highest BCUT2D eigenvalue weighted by molar-refractivity contribution is 4.84. The maximum Gasteiger partial charge on any atom is 0.173 e. The molecule has 0 radical (unpaired) electrons. The first-order valence-corrected chi connectivity index (χ1v) is 4.95. The van der Waals surface area contributed by atoms with Crippen LogP contribution < -0.4 is 0 Å². The zero-order chi connectivity index (χ0) is 10.1. The predicted molar refractivity (Wildman–Crippen MR) is 50.3 cm³/mol. The van der Waals surface area contributed by atoms with Crippen LogP contribution in [0.2, 0.25) is 0 Å². The molecule has 0 aliphatic carbocycles. The second kappa shape index (κ2) is 3.95. The molecule has 13 heavy (non-hydrogen) atoms. The van der Waals surface area contributed by atoms with Crippen LogP contribution in [0.5, 0.6) is 0 Å². The van der Waals surface area contributed by atoms with Gasteiger partial charge >= 0.3 is 0 Å². The zero-order valence-corrected chi connectivity index (χ0v) is 8.91. The number of aliphatic hydroxyl groups is 1. The van der Waals surface area contributed by atoms with E-state index in [1.165, 1.54) is 0 Å². The van der Waals surface area contributed by atoms with Crippen LogP contribution in [0.25, 0.3) is 0 Å². The molecule has 1 aliphatic heterocycles. The Morgan fingerprint density at radius 3 is 2.08 bits per heavy atom. The van der Waals surface area contributed by atoms with Crippen LogP contribution in [-0.4, -0.2) is 30.2 Å². The summed E-state index contributed by atoms with van der Waals surface area (Å²) in [7, 11) is 0. The van der Waals surface area contributed by atoms with Gasteiger partial charge in [0, 0.05) is 11.8 Å². The molecule has 0 bridgehead atoms. The van der Waals surface area contributed by atoms with E-state index in [4.69, 9.17) is 14.6 Å². The lowest BCUT2D eigenvalue weighted by Gasteiger charge is -2.35. The van der Waals surface area contributed by atoms with Crippen molar-refractivity contribution in [3.63, 3.8) is 0 Å². The normalized spacial score (nSPS) is 27.5. The molecule has 1 rings (SSSR count). The van der Waals surface area contributed by atoms with Gasteiger partial charge in [-0.05, 0) is 0 Å². The Morgan fingerprint density at radius 1 is 1.31 bits per heavy atom.